The normalized spacial score (nSPS) is 12.7. The minimum Gasteiger partial charge on any atom is -0.480 e. The first-order valence-electron chi connectivity index (χ1n) is 3.32. The van der Waals surface area contributed by atoms with E-state index in [2.05, 4.69) is 30.6 Å². The molecule has 0 aliphatic heterocycles. The Balaban J connectivity index is 2.71. The molecule has 0 fully saturated rings. The molecule has 0 radical (unpaired) electrons. The highest BCUT2D eigenvalue weighted by Gasteiger charge is 1.91. The van der Waals surface area contributed by atoms with Gasteiger partial charge in [0.05, 0.1) is 22.2 Å². The zero-order valence-electron chi connectivity index (χ0n) is 6.41. The molecule has 4 heteroatoms. The van der Waals surface area contributed by atoms with Crippen molar-refractivity contribution in [1.82, 2.24) is 9.97 Å². The van der Waals surface area contributed by atoms with Crippen LogP contribution in [-0.4, -0.2) is 17.0 Å². The van der Waals surface area contributed by atoms with Crippen LogP contribution in [0, 0.1) is 0 Å². The van der Waals surface area contributed by atoms with Gasteiger partial charge < -0.3 is 4.74 Å². The average Bonchev–Trinajstić information content (AvgIpc) is 1.85. The predicted octanol–water partition coefficient (Wildman–Crippen LogP) is 1.25. The minimum absolute atomic E-state index is 0.175. The van der Waals surface area contributed by atoms with Gasteiger partial charge in [-0.05, 0) is 15.9 Å². The molecule has 0 aliphatic carbocycles. The lowest BCUT2D eigenvalue weighted by atomic mass is 10.7. The van der Waals surface area contributed by atoms with Gasteiger partial charge in [-0.2, -0.15) is 0 Å². The van der Waals surface area contributed by atoms with Crippen LogP contribution in [0.2, 0.25) is 0 Å². The molecule has 0 amide bonds. The van der Waals surface area contributed by atoms with Crippen molar-refractivity contribution >= 4 is 15.9 Å². The van der Waals surface area contributed by atoms with Gasteiger partial charge >= 0.3 is 0 Å². The number of rotatable bonds is 1. The molecule has 0 saturated heterocycles. The zero-order chi connectivity index (χ0) is 8.27. The maximum Gasteiger partial charge on any atom is 0.233 e. The molecule has 1 aromatic rings. The van der Waals surface area contributed by atoms with E-state index in [4.69, 9.17) is 2.74 Å². The van der Waals surface area contributed by atoms with Crippen molar-refractivity contribution in [2.24, 2.45) is 0 Å². The van der Waals surface area contributed by atoms with Crippen molar-refractivity contribution in [2.45, 2.75) is 0 Å². The van der Waals surface area contributed by atoms with E-state index in [1.807, 2.05) is 0 Å². The molecular weight excluding hydrogens is 184 g/mol. The van der Waals surface area contributed by atoms with Gasteiger partial charge in [-0.25, -0.2) is 4.98 Å². The molecule has 0 aliphatic rings. The SMILES string of the molecule is [2H]C([2H])Oc1cncc(Br)n1. The fourth-order valence-electron chi connectivity index (χ4n) is 0.382. The van der Waals surface area contributed by atoms with Crippen molar-refractivity contribution in [3.63, 3.8) is 0 Å². The Morgan fingerprint density at radius 3 is 3.33 bits per heavy atom. The number of ether oxygens (including phenoxy) is 1. The van der Waals surface area contributed by atoms with Gasteiger partial charge in [0.15, 0.2) is 0 Å². The molecule has 48 valence electrons. The summed E-state index contributed by atoms with van der Waals surface area (Å²) in [6, 6.07) is 0. The maximum absolute atomic E-state index is 6.75. The van der Waals surface area contributed by atoms with Crippen LogP contribution in [0.25, 0.3) is 0 Å². The van der Waals surface area contributed by atoms with Crippen LogP contribution in [0.5, 0.6) is 5.88 Å². The second-order valence-electron chi connectivity index (χ2n) is 1.30. The summed E-state index contributed by atoms with van der Waals surface area (Å²) in [5.74, 6) is 0.175. The molecule has 9 heavy (non-hydrogen) atoms. The lowest BCUT2D eigenvalue weighted by molar-refractivity contribution is 0.394. The van der Waals surface area contributed by atoms with Crippen molar-refractivity contribution in [3.8, 4) is 5.88 Å². The largest absolute Gasteiger partial charge is 0.480 e. The fraction of sp³-hybridized carbons (Fsp3) is 0.200. The highest BCUT2D eigenvalue weighted by molar-refractivity contribution is 9.10. The highest BCUT2D eigenvalue weighted by Crippen LogP contribution is 2.08. The first kappa shape index (κ1) is 4.22. The molecule has 0 atom stereocenters. The maximum atomic E-state index is 6.75. The third-order valence-corrected chi connectivity index (χ3v) is 1.09. The van der Waals surface area contributed by atoms with E-state index in [0.29, 0.717) is 4.60 Å². The summed E-state index contributed by atoms with van der Waals surface area (Å²) in [6.45, 7) is 0. The Bertz CT molecular complexity index is 246. The third kappa shape index (κ3) is 1.64. The van der Waals surface area contributed by atoms with Gasteiger partial charge in [0, 0.05) is 0 Å². The van der Waals surface area contributed by atoms with Crippen LogP contribution < -0.4 is 4.74 Å². The lowest BCUT2D eigenvalue weighted by Gasteiger charge is -1.94. The predicted molar refractivity (Wildman–Crippen MR) is 36.3 cm³/mol. The standard InChI is InChI=1S/C5H5BrN2O/c1-9-5-3-7-2-4(6)8-5/h2-3H,1H3/i1D2. The summed E-state index contributed by atoms with van der Waals surface area (Å²) >= 11 is 3.08. The number of halogens is 1. The molecule has 0 saturated carbocycles. The van der Waals surface area contributed by atoms with Crippen molar-refractivity contribution in [3.05, 3.63) is 17.0 Å². The summed E-state index contributed by atoms with van der Waals surface area (Å²) in [5.41, 5.74) is 0. The molecule has 3 nitrogen and oxygen atoms in total. The molecule has 0 aromatic carbocycles. The second-order valence-corrected chi connectivity index (χ2v) is 2.11. The van der Waals surface area contributed by atoms with Gasteiger partial charge in [0.25, 0.3) is 0 Å². The Labute approximate surface area is 64.0 Å². The quantitative estimate of drug-likeness (QED) is 0.669. The first-order valence-corrected chi connectivity index (χ1v) is 2.96. The van der Waals surface area contributed by atoms with E-state index in [0.717, 1.165) is 0 Å². The average molecular weight is 191 g/mol. The highest BCUT2D eigenvalue weighted by atomic mass is 79.9. The minimum atomic E-state index is -1.36. The zero-order valence-corrected chi connectivity index (χ0v) is 6.00. The van der Waals surface area contributed by atoms with Gasteiger partial charge in [-0.3, -0.25) is 4.98 Å². The van der Waals surface area contributed by atoms with E-state index in [1.165, 1.54) is 12.4 Å². The van der Waals surface area contributed by atoms with E-state index in [9.17, 15) is 0 Å². The van der Waals surface area contributed by atoms with Gasteiger partial charge in [0.1, 0.15) is 4.60 Å². The molecule has 1 aromatic heterocycles. The van der Waals surface area contributed by atoms with E-state index in [1.54, 1.807) is 0 Å². The van der Waals surface area contributed by atoms with Crippen LogP contribution in [0.15, 0.2) is 17.0 Å². The van der Waals surface area contributed by atoms with Gasteiger partial charge in [-0.1, -0.05) is 0 Å². The van der Waals surface area contributed by atoms with Crippen LogP contribution >= 0.6 is 15.9 Å². The summed E-state index contributed by atoms with van der Waals surface area (Å²) < 4.78 is 18.6. The summed E-state index contributed by atoms with van der Waals surface area (Å²) in [7, 11) is -1.36. The molecule has 0 unspecified atom stereocenters. The smallest absolute Gasteiger partial charge is 0.233 e. The van der Waals surface area contributed by atoms with Crippen molar-refractivity contribution in [1.29, 1.82) is 0 Å². The van der Waals surface area contributed by atoms with Crippen LogP contribution in [-0.2, 0) is 0 Å². The summed E-state index contributed by atoms with van der Waals surface area (Å²) in [5, 5.41) is 0. The summed E-state index contributed by atoms with van der Waals surface area (Å²) in [6.07, 6.45) is 2.84. The lowest BCUT2D eigenvalue weighted by Crippen LogP contribution is -1.87. The Morgan fingerprint density at radius 2 is 2.67 bits per heavy atom. The number of methoxy groups -OCH3 is 1. The van der Waals surface area contributed by atoms with E-state index in [-0.39, 0.29) is 5.88 Å². The molecule has 1 rings (SSSR count). The Morgan fingerprint density at radius 1 is 1.78 bits per heavy atom. The van der Waals surface area contributed by atoms with Crippen LogP contribution in [0.4, 0.5) is 0 Å². The molecule has 0 N–H and O–H groups in total. The molecule has 1 heterocycles. The number of hydrogen-bond donors (Lipinski definition) is 0. The van der Waals surface area contributed by atoms with Crippen LogP contribution in [0.1, 0.15) is 2.74 Å². The van der Waals surface area contributed by atoms with Gasteiger partial charge in [-0.15, -0.1) is 0 Å². The molecule has 0 bridgehead atoms. The molecule has 0 spiro atoms. The Hall–Kier alpha value is -0.640. The summed E-state index contributed by atoms with van der Waals surface area (Å²) in [4.78, 5) is 7.54. The topological polar surface area (TPSA) is 35.0 Å². The van der Waals surface area contributed by atoms with Crippen LogP contribution in [0.3, 0.4) is 0 Å². The second kappa shape index (κ2) is 2.77. The number of nitrogens with zero attached hydrogens (tertiary/aromatic N) is 2. The number of hydrogen-bond acceptors (Lipinski definition) is 3. The third-order valence-electron chi connectivity index (χ3n) is 0.704. The first-order chi connectivity index (χ1) is 5.18. The number of aromatic nitrogens is 2. The molecular formula is C5H5BrN2O. The van der Waals surface area contributed by atoms with Crippen molar-refractivity contribution in [2.75, 3.05) is 7.06 Å². The monoisotopic (exact) mass is 190 g/mol. The van der Waals surface area contributed by atoms with Gasteiger partial charge in [0.2, 0.25) is 5.88 Å². The van der Waals surface area contributed by atoms with Crippen molar-refractivity contribution < 1.29 is 7.48 Å². The fourth-order valence-corrected chi connectivity index (χ4v) is 0.675. The van der Waals surface area contributed by atoms with E-state index < -0.39 is 7.06 Å². The van der Waals surface area contributed by atoms with E-state index >= 15 is 0 Å². The Kier molecular flexibility index (Phi) is 1.30.